The zero-order chi connectivity index (χ0) is 43.7. The molecule has 0 aromatic carbocycles. The van der Waals surface area contributed by atoms with E-state index in [1.165, 1.54) is 148 Å². The van der Waals surface area contributed by atoms with Crippen molar-refractivity contribution in [3.05, 3.63) is 60.8 Å². The van der Waals surface area contributed by atoms with Crippen molar-refractivity contribution in [2.24, 2.45) is 0 Å². The number of ether oxygens (including phenoxy) is 3. The van der Waals surface area contributed by atoms with Crippen molar-refractivity contribution >= 4 is 17.9 Å². The summed E-state index contributed by atoms with van der Waals surface area (Å²) in [5.74, 6) is -0.967. The minimum Gasteiger partial charge on any atom is -0.462 e. The highest BCUT2D eigenvalue weighted by Gasteiger charge is 2.19. The highest BCUT2D eigenvalue weighted by molar-refractivity contribution is 5.71. The number of allylic oxidation sites excluding steroid dienone is 10. The van der Waals surface area contributed by atoms with E-state index in [1.807, 2.05) is 54.7 Å². The first-order valence-electron chi connectivity index (χ1n) is 25.4. The van der Waals surface area contributed by atoms with Crippen LogP contribution in [0.15, 0.2) is 60.8 Å². The van der Waals surface area contributed by atoms with Gasteiger partial charge in [-0.25, -0.2) is 0 Å². The van der Waals surface area contributed by atoms with Gasteiger partial charge in [0.1, 0.15) is 13.2 Å². The third-order valence-corrected chi connectivity index (χ3v) is 10.9. The fourth-order valence-corrected chi connectivity index (χ4v) is 7.12. The molecule has 6 nitrogen and oxygen atoms in total. The lowest BCUT2D eigenvalue weighted by molar-refractivity contribution is -0.167. The maximum Gasteiger partial charge on any atom is 0.306 e. The molecule has 0 radical (unpaired) electrons. The Morgan fingerprint density at radius 3 is 1.00 bits per heavy atom. The average molecular weight is 839 g/mol. The lowest BCUT2D eigenvalue weighted by Gasteiger charge is -2.18. The molecule has 0 aliphatic rings. The van der Waals surface area contributed by atoms with E-state index in [0.717, 1.165) is 51.4 Å². The van der Waals surface area contributed by atoms with E-state index in [9.17, 15) is 14.4 Å². The molecule has 0 aliphatic carbocycles. The van der Waals surface area contributed by atoms with Crippen LogP contribution in [0.3, 0.4) is 0 Å². The van der Waals surface area contributed by atoms with Crippen LogP contribution in [0.4, 0.5) is 0 Å². The maximum atomic E-state index is 12.7. The average Bonchev–Trinajstić information content (AvgIpc) is 3.24. The van der Waals surface area contributed by atoms with Crippen LogP contribution in [0.2, 0.25) is 0 Å². The van der Waals surface area contributed by atoms with E-state index < -0.39 is 6.10 Å². The van der Waals surface area contributed by atoms with Crippen molar-refractivity contribution in [3.8, 4) is 0 Å². The quantitative estimate of drug-likeness (QED) is 0.0263. The molecule has 0 bridgehead atoms. The Kier molecular flexibility index (Phi) is 46.4. The van der Waals surface area contributed by atoms with Crippen molar-refractivity contribution in [2.45, 2.75) is 252 Å². The van der Waals surface area contributed by atoms with E-state index in [1.54, 1.807) is 0 Å². The van der Waals surface area contributed by atoms with Crippen LogP contribution in [0.5, 0.6) is 0 Å². The van der Waals surface area contributed by atoms with Gasteiger partial charge in [0.25, 0.3) is 0 Å². The third-order valence-electron chi connectivity index (χ3n) is 10.9. The zero-order valence-corrected chi connectivity index (χ0v) is 39.5. The van der Waals surface area contributed by atoms with E-state index in [-0.39, 0.29) is 37.5 Å². The molecule has 346 valence electrons. The highest BCUT2D eigenvalue weighted by atomic mass is 16.6. The normalized spacial score (nSPS) is 12.5. The number of hydrogen-bond donors (Lipinski definition) is 0. The number of unbranched alkanes of at least 4 members (excludes halogenated alkanes) is 28. The molecular weight excluding hydrogens is 745 g/mol. The molecule has 0 spiro atoms. The topological polar surface area (TPSA) is 78.9 Å². The van der Waals surface area contributed by atoms with E-state index in [0.29, 0.717) is 19.3 Å². The second-order valence-corrected chi connectivity index (χ2v) is 16.8. The first kappa shape index (κ1) is 57.1. The molecule has 1 atom stereocenters. The molecule has 0 fully saturated rings. The predicted octanol–water partition coefficient (Wildman–Crippen LogP) is 16.5. The molecule has 0 heterocycles. The molecular formula is C54H94O6. The lowest BCUT2D eigenvalue weighted by atomic mass is 10.0. The van der Waals surface area contributed by atoms with Crippen LogP contribution in [0.25, 0.3) is 0 Å². The largest absolute Gasteiger partial charge is 0.462 e. The van der Waals surface area contributed by atoms with Gasteiger partial charge in [-0.2, -0.15) is 0 Å². The zero-order valence-electron chi connectivity index (χ0n) is 39.5. The van der Waals surface area contributed by atoms with Gasteiger partial charge in [-0.1, -0.05) is 255 Å². The highest BCUT2D eigenvalue weighted by Crippen LogP contribution is 2.16. The van der Waals surface area contributed by atoms with E-state index >= 15 is 0 Å². The summed E-state index contributed by atoms with van der Waals surface area (Å²) in [6.45, 7) is 6.44. The number of esters is 3. The lowest BCUT2D eigenvalue weighted by Crippen LogP contribution is -2.30. The summed E-state index contributed by atoms with van der Waals surface area (Å²) >= 11 is 0. The van der Waals surface area contributed by atoms with Crippen LogP contribution in [-0.2, 0) is 28.6 Å². The Hall–Kier alpha value is -2.89. The summed E-state index contributed by atoms with van der Waals surface area (Å²) in [7, 11) is 0. The van der Waals surface area contributed by atoms with Crippen molar-refractivity contribution in [2.75, 3.05) is 13.2 Å². The molecule has 0 N–H and O–H groups in total. The summed E-state index contributed by atoms with van der Waals surface area (Å²) in [6, 6.07) is 0. The Labute approximate surface area is 370 Å². The van der Waals surface area contributed by atoms with E-state index in [2.05, 4.69) is 26.8 Å². The third kappa shape index (κ3) is 46.2. The fraction of sp³-hybridized carbons (Fsp3) is 0.759. The SMILES string of the molecule is CC/C=C/C=C/C=C/C=C/C=C/CCCC(=O)OC(COC(=O)CCCCCCCCCCCCCCC)COC(=O)CCCCCCCCCCCCCCCCCC. The van der Waals surface area contributed by atoms with Gasteiger partial charge in [0, 0.05) is 19.3 Å². The minimum atomic E-state index is -0.806. The number of rotatable bonds is 45. The second kappa shape index (κ2) is 48.8. The first-order valence-corrected chi connectivity index (χ1v) is 25.4. The number of hydrogen-bond acceptors (Lipinski definition) is 6. The van der Waals surface area contributed by atoms with Gasteiger partial charge in [0.15, 0.2) is 6.10 Å². The summed E-state index contributed by atoms with van der Waals surface area (Å²) in [6.07, 6.45) is 59.3. The molecule has 6 heteroatoms. The van der Waals surface area contributed by atoms with Crippen LogP contribution >= 0.6 is 0 Å². The second-order valence-electron chi connectivity index (χ2n) is 16.8. The van der Waals surface area contributed by atoms with Crippen LogP contribution in [0, 0.1) is 0 Å². The van der Waals surface area contributed by atoms with Gasteiger partial charge in [-0.15, -0.1) is 0 Å². The van der Waals surface area contributed by atoms with Gasteiger partial charge in [0.05, 0.1) is 0 Å². The number of carbonyl (C=O) groups excluding carboxylic acids is 3. The molecule has 0 rings (SSSR count). The van der Waals surface area contributed by atoms with Crippen molar-refractivity contribution in [1.29, 1.82) is 0 Å². The van der Waals surface area contributed by atoms with Crippen molar-refractivity contribution in [3.63, 3.8) is 0 Å². The van der Waals surface area contributed by atoms with Crippen LogP contribution in [0.1, 0.15) is 245 Å². The standard InChI is InChI=1S/C54H94O6/c1-4-7-10-13-16-19-22-25-26-27-30-32-35-38-41-44-47-53(56)59-50-51(60-54(57)48-45-42-39-36-33-29-24-21-18-15-12-9-6-3)49-58-52(55)46-43-40-37-34-31-28-23-20-17-14-11-8-5-2/h9,12,15,18,21,24,29,33,36,39,51H,4-8,10-11,13-14,16-17,19-20,22-23,25-28,30-32,34-35,37-38,40-50H2,1-3H3/b12-9+,18-15+,24-21+,33-29+,39-36+. The van der Waals surface area contributed by atoms with Gasteiger partial charge < -0.3 is 14.2 Å². The molecule has 0 aromatic heterocycles. The Morgan fingerprint density at radius 2 is 0.650 bits per heavy atom. The molecule has 0 aromatic rings. The Morgan fingerprint density at radius 1 is 0.350 bits per heavy atom. The number of carbonyl (C=O) groups is 3. The van der Waals surface area contributed by atoms with Gasteiger partial charge in [-0.05, 0) is 32.1 Å². The van der Waals surface area contributed by atoms with Crippen LogP contribution < -0.4 is 0 Å². The molecule has 0 aliphatic heterocycles. The summed E-state index contributed by atoms with van der Waals surface area (Å²) in [4.78, 5) is 37.9. The molecule has 0 saturated carbocycles. The molecule has 0 saturated heterocycles. The Balaban J connectivity index is 4.43. The van der Waals surface area contributed by atoms with Gasteiger partial charge in [-0.3, -0.25) is 14.4 Å². The molecule has 1 unspecified atom stereocenters. The van der Waals surface area contributed by atoms with Crippen molar-refractivity contribution in [1.82, 2.24) is 0 Å². The fourth-order valence-electron chi connectivity index (χ4n) is 7.12. The molecule has 60 heavy (non-hydrogen) atoms. The van der Waals surface area contributed by atoms with E-state index in [4.69, 9.17) is 14.2 Å². The smallest absolute Gasteiger partial charge is 0.306 e. The molecule has 0 amide bonds. The monoisotopic (exact) mass is 839 g/mol. The summed E-state index contributed by atoms with van der Waals surface area (Å²) in [5.41, 5.74) is 0. The van der Waals surface area contributed by atoms with Crippen LogP contribution in [-0.4, -0.2) is 37.2 Å². The van der Waals surface area contributed by atoms with Crippen molar-refractivity contribution < 1.29 is 28.6 Å². The summed E-state index contributed by atoms with van der Waals surface area (Å²) < 4.78 is 16.7. The first-order chi connectivity index (χ1) is 29.5. The summed E-state index contributed by atoms with van der Waals surface area (Å²) in [5, 5.41) is 0. The van der Waals surface area contributed by atoms with Gasteiger partial charge in [0.2, 0.25) is 0 Å². The Bertz CT molecular complexity index is 1100. The minimum absolute atomic E-state index is 0.0995. The predicted molar refractivity (Wildman–Crippen MR) is 256 cm³/mol. The van der Waals surface area contributed by atoms with Gasteiger partial charge >= 0.3 is 17.9 Å². The maximum absolute atomic E-state index is 12.7.